The Morgan fingerprint density at radius 1 is 1.16 bits per heavy atom. The molecule has 1 atom stereocenters. The summed E-state index contributed by atoms with van der Waals surface area (Å²) < 4.78 is 5.84. The van der Waals surface area contributed by atoms with Crippen molar-refractivity contribution in [1.29, 1.82) is 0 Å². The quantitative estimate of drug-likeness (QED) is 0.617. The van der Waals surface area contributed by atoms with Gasteiger partial charge in [-0.1, -0.05) is 43.3 Å². The van der Waals surface area contributed by atoms with Gasteiger partial charge in [-0.15, -0.1) is 10.2 Å². The van der Waals surface area contributed by atoms with Gasteiger partial charge in [0.15, 0.2) is 5.82 Å². The van der Waals surface area contributed by atoms with Gasteiger partial charge in [-0.25, -0.2) is 0 Å². The molecule has 3 aromatic rings. The zero-order valence-corrected chi connectivity index (χ0v) is 18.5. The van der Waals surface area contributed by atoms with Crippen molar-refractivity contribution in [3.8, 4) is 17.1 Å². The maximum atomic E-state index is 12.7. The Morgan fingerprint density at radius 3 is 2.75 bits per heavy atom. The van der Waals surface area contributed by atoms with Gasteiger partial charge in [0, 0.05) is 31.5 Å². The van der Waals surface area contributed by atoms with E-state index in [1.165, 1.54) is 11.1 Å². The molecule has 4 rings (SSSR count). The maximum Gasteiger partial charge on any atom is 0.273 e. The fraction of sp³-hybridized carbons (Fsp3) is 0.360. The maximum absolute atomic E-state index is 12.7. The Bertz CT molecular complexity index is 1160. The van der Waals surface area contributed by atoms with Crippen LogP contribution < -0.4 is 10.3 Å². The number of aromatic nitrogens is 3. The molecule has 0 bridgehead atoms. The predicted molar refractivity (Wildman–Crippen MR) is 122 cm³/mol. The van der Waals surface area contributed by atoms with E-state index in [9.17, 15) is 9.59 Å². The third-order valence-electron chi connectivity index (χ3n) is 5.84. The van der Waals surface area contributed by atoms with Crippen LogP contribution in [0.4, 0.5) is 0 Å². The Hall–Kier alpha value is -3.48. The first-order chi connectivity index (χ1) is 15.5. The molecule has 0 unspecified atom stereocenters. The highest BCUT2D eigenvalue weighted by molar-refractivity contribution is 5.76. The van der Waals surface area contributed by atoms with Crippen molar-refractivity contribution in [3.05, 3.63) is 75.7 Å². The zero-order chi connectivity index (χ0) is 22.5. The van der Waals surface area contributed by atoms with E-state index in [-0.39, 0.29) is 36.1 Å². The van der Waals surface area contributed by atoms with Crippen LogP contribution in [0.15, 0.2) is 53.3 Å². The Kier molecular flexibility index (Phi) is 6.63. The fourth-order valence-corrected chi connectivity index (χ4v) is 3.78. The number of fused-ring (bicyclic) bond motifs is 1. The molecule has 2 heterocycles. The lowest BCUT2D eigenvalue weighted by atomic mass is 9.99. The number of carbonyl (C=O) groups is 1. The molecular formula is C25H28N4O3. The van der Waals surface area contributed by atoms with Crippen LogP contribution in [0, 0.1) is 0 Å². The minimum Gasteiger partial charge on any atom is -0.491 e. The molecule has 1 N–H and O–H groups in total. The second-order valence-corrected chi connectivity index (χ2v) is 8.15. The molecule has 1 aliphatic rings. The van der Waals surface area contributed by atoms with E-state index >= 15 is 0 Å². The highest BCUT2D eigenvalue weighted by atomic mass is 16.5. The number of hydrogen-bond donors (Lipinski definition) is 1. The molecule has 2 aromatic carbocycles. The lowest BCUT2D eigenvalue weighted by Crippen LogP contribution is -2.36. The first kappa shape index (κ1) is 21.7. The van der Waals surface area contributed by atoms with Crippen molar-refractivity contribution in [3.63, 3.8) is 0 Å². The smallest absolute Gasteiger partial charge is 0.273 e. The molecule has 1 aliphatic heterocycles. The summed E-state index contributed by atoms with van der Waals surface area (Å²) in [5, 5.41) is 8.29. The molecular weight excluding hydrogens is 404 g/mol. The monoisotopic (exact) mass is 432 g/mol. The van der Waals surface area contributed by atoms with Gasteiger partial charge in [0.05, 0.1) is 6.10 Å². The number of aromatic amines is 1. The minimum atomic E-state index is -0.319. The number of carbonyl (C=O) groups excluding carboxylic acids is 1. The second kappa shape index (κ2) is 9.77. The highest BCUT2D eigenvalue weighted by Gasteiger charge is 2.20. The first-order valence-corrected chi connectivity index (χ1v) is 11.1. The Labute approximate surface area is 187 Å². The van der Waals surface area contributed by atoms with E-state index in [0.29, 0.717) is 18.9 Å². The molecule has 0 saturated carbocycles. The Balaban J connectivity index is 1.39. The van der Waals surface area contributed by atoms with E-state index in [1.807, 2.05) is 48.2 Å². The average Bonchev–Trinajstić information content (AvgIpc) is 2.82. The number of aryl methyl sites for hydroxylation is 1. The third-order valence-corrected chi connectivity index (χ3v) is 5.84. The van der Waals surface area contributed by atoms with E-state index in [1.54, 1.807) is 0 Å². The number of H-pyrrole nitrogens is 1. The molecule has 0 fully saturated rings. The Morgan fingerprint density at radius 2 is 1.97 bits per heavy atom. The SMILES string of the molecule is CC[C@H](C)Oc1cccc(-c2nnc(CCC(=O)N3CCc4ccccc4C3)c(=O)[nH]2)c1. The summed E-state index contributed by atoms with van der Waals surface area (Å²) in [4.78, 5) is 29.9. The number of nitrogens with one attached hydrogen (secondary N) is 1. The van der Waals surface area contributed by atoms with Gasteiger partial charge < -0.3 is 14.6 Å². The summed E-state index contributed by atoms with van der Waals surface area (Å²) in [6.07, 6.45) is 2.35. The number of rotatable bonds is 7. The summed E-state index contributed by atoms with van der Waals surface area (Å²) in [6, 6.07) is 15.6. The van der Waals surface area contributed by atoms with E-state index in [2.05, 4.69) is 34.2 Å². The number of nitrogens with zero attached hydrogens (tertiary/aromatic N) is 3. The zero-order valence-electron chi connectivity index (χ0n) is 18.5. The van der Waals surface area contributed by atoms with Crippen molar-refractivity contribution in [2.24, 2.45) is 0 Å². The molecule has 7 heteroatoms. The predicted octanol–water partition coefficient (Wildman–Crippen LogP) is 3.53. The van der Waals surface area contributed by atoms with Crippen LogP contribution in [0.1, 0.15) is 43.5 Å². The fourth-order valence-electron chi connectivity index (χ4n) is 3.78. The van der Waals surface area contributed by atoms with Crippen LogP contribution >= 0.6 is 0 Å². The van der Waals surface area contributed by atoms with Crippen LogP contribution in [-0.2, 0) is 24.2 Å². The summed E-state index contributed by atoms with van der Waals surface area (Å²) in [5.41, 5.74) is 3.17. The van der Waals surface area contributed by atoms with Crippen molar-refractivity contribution >= 4 is 5.91 Å². The minimum absolute atomic E-state index is 0.0275. The summed E-state index contributed by atoms with van der Waals surface area (Å²) in [7, 11) is 0. The van der Waals surface area contributed by atoms with E-state index in [4.69, 9.17) is 4.74 Å². The number of hydrogen-bond acceptors (Lipinski definition) is 5. The number of benzene rings is 2. The molecule has 0 aliphatic carbocycles. The van der Waals surface area contributed by atoms with Crippen molar-refractivity contribution in [2.45, 2.75) is 52.2 Å². The van der Waals surface area contributed by atoms with Crippen LogP contribution in [-0.4, -0.2) is 38.6 Å². The van der Waals surface area contributed by atoms with Crippen LogP contribution in [0.5, 0.6) is 5.75 Å². The summed E-state index contributed by atoms with van der Waals surface area (Å²) in [5.74, 6) is 1.13. The van der Waals surface area contributed by atoms with Gasteiger partial charge in [0.2, 0.25) is 5.91 Å². The van der Waals surface area contributed by atoms with Crippen LogP contribution in [0.2, 0.25) is 0 Å². The normalized spacial score (nSPS) is 14.0. The molecule has 7 nitrogen and oxygen atoms in total. The van der Waals surface area contributed by atoms with Gasteiger partial charge in [0.1, 0.15) is 11.4 Å². The lowest BCUT2D eigenvalue weighted by Gasteiger charge is -2.28. The van der Waals surface area contributed by atoms with Crippen molar-refractivity contribution < 1.29 is 9.53 Å². The molecule has 166 valence electrons. The number of ether oxygens (including phenoxy) is 1. The first-order valence-electron chi connectivity index (χ1n) is 11.1. The largest absolute Gasteiger partial charge is 0.491 e. The van der Waals surface area contributed by atoms with Crippen molar-refractivity contribution in [2.75, 3.05) is 6.54 Å². The highest BCUT2D eigenvalue weighted by Crippen LogP contribution is 2.22. The van der Waals surface area contributed by atoms with Crippen LogP contribution in [0.25, 0.3) is 11.4 Å². The topological polar surface area (TPSA) is 88.2 Å². The van der Waals surface area contributed by atoms with E-state index < -0.39 is 0 Å². The van der Waals surface area contributed by atoms with Gasteiger partial charge >= 0.3 is 0 Å². The summed E-state index contributed by atoms with van der Waals surface area (Å²) >= 11 is 0. The average molecular weight is 433 g/mol. The van der Waals surface area contributed by atoms with Gasteiger partial charge in [-0.2, -0.15) is 0 Å². The van der Waals surface area contributed by atoms with Gasteiger partial charge in [-0.05, 0) is 43.0 Å². The molecule has 1 aromatic heterocycles. The number of amides is 1. The molecule has 0 spiro atoms. The third kappa shape index (κ3) is 5.04. The molecule has 1 amide bonds. The molecule has 0 saturated heterocycles. The summed E-state index contributed by atoms with van der Waals surface area (Å²) in [6.45, 7) is 5.38. The second-order valence-electron chi connectivity index (χ2n) is 8.15. The van der Waals surface area contributed by atoms with Crippen LogP contribution in [0.3, 0.4) is 0 Å². The van der Waals surface area contributed by atoms with Gasteiger partial charge in [0.25, 0.3) is 5.56 Å². The standard InChI is InChI=1S/C25H28N4O3/c1-3-17(2)32-21-10-6-9-19(15-21)24-26-25(31)22(27-28-24)11-12-23(30)29-14-13-18-7-4-5-8-20(18)16-29/h4-10,15,17H,3,11-14,16H2,1-2H3,(H,26,28,31)/t17-/m0/s1. The molecule has 32 heavy (non-hydrogen) atoms. The van der Waals surface area contributed by atoms with Gasteiger partial charge in [-0.3, -0.25) is 9.59 Å². The lowest BCUT2D eigenvalue weighted by molar-refractivity contribution is -0.132. The molecule has 0 radical (unpaired) electrons. The van der Waals surface area contributed by atoms with Crippen molar-refractivity contribution in [1.82, 2.24) is 20.1 Å². The van der Waals surface area contributed by atoms with E-state index in [0.717, 1.165) is 24.2 Å².